The van der Waals surface area contributed by atoms with E-state index in [1.807, 2.05) is 0 Å². The van der Waals surface area contributed by atoms with Gasteiger partial charge in [0.2, 0.25) is 5.78 Å². The number of Topliss-reactive ketones (excluding diaryl/α,β-unsaturated/α-hetero) is 2. The number of ketones is 2. The quantitative estimate of drug-likeness (QED) is 0.249. The summed E-state index contributed by atoms with van der Waals surface area (Å²) in [6, 6.07) is 2.50. The van der Waals surface area contributed by atoms with Crippen molar-refractivity contribution in [1.82, 2.24) is 4.90 Å². The first-order valence-electron chi connectivity index (χ1n) is 10.1. The number of carbonyl (C=O) groups is 3. The Labute approximate surface area is 199 Å². The molecule has 4 rings (SSSR count). The van der Waals surface area contributed by atoms with Crippen LogP contribution in [0.25, 0.3) is 5.76 Å². The first-order valence-corrected chi connectivity index (χ1v) is 10.1. The number of hydrogen-bond acceptors (Lipinski definition) is 10. The standard InChI is InChI=1S/C22H24N2O9.ClH/c1-21(32)7-5-4-6-8(25)9(7)15(26)10-12(21)17(28)13-14(24(2)3)16(27)11(20(23)31)19(30)22(13,33)18(10)29;/h4-6,12-14,17,25-26,28,30,32-33H,1-3H3,(H2,23,31);1H/t12?,13?,14-,17?,21+,22?;/m0./s1. The zero-order valence-corrected chi connectivity index (χ0v) is 19.2. The van der Waals surface area contributed by atoms with Gasteiger partial charge in [0.05, 0.1) is 40.7 Å². The predicted octanol–water partition coefficient (Wildman–Crippen LogP) is -0.978. The number of carbonyl (C=O) groups excluding carboxylic acids is 3. The number of phenolic OH excluding ortho intramolecular Hbond substituents is 1. The number of rotatable bonds is 2. The minimum atomic E-state index is -3.02. The van der Waals surface area contributed by atoms with E-state index in [-0.39, 0.29) is 23.5 Å². The molecule has 0 radical (unpaired) electrons. The van der Waals surface area contributed by atoms with Gasteiger partial charge in [0.25, 0.3) is 5.91 Å². The summed E-state index contributed by atoms with van der Waals surface area (Å²) in [6.07, 6.45) is -1.87. The lowest BCUT2D eigenvalue weighted by Gasteiger charge is -2.55. The molecular weight excluding hydrogens is 472 g/mol. The third-order valence-corrected chi connectivity index (χ3v) is 7.03. The lowest BCUT2D eigenvalue weighted by molar-refractivity contribution is -0.181. The van der Waals surface area contributed by atoms with Crippen LogP contribution in [0.1, 0.15) is 18.1 Å². The van der Waals surface area contributed by atoms with Crippen molar-refractivity contribution in [2.24, 2.45) is 17.6 Å². The smallest absolute Gasteiger partial charge is 0.255 e. The number of nitrogens with zero attached hydrogens (tertiary/aromatic N) is 1. The van der Waals surface area contributed by atoms with E-state index in [0.29, 0.717) is 0 Å². The fourth-order valence-electron chi connectivity index (χ4n) is 5.60. The molecule has 11 nitrogen and oxygen atoms in total. The molecule has 0 saturated heterocycles. The van der Waals surface area contributed by atoms with Crippen molar-refractivity contribution in [3.63, 3.8) is 0 Å². The highest BCUT2D eigenvalue weighted by atomic mass is 35.5. The molecular formula is C22H25ClN2O9. The summed E-state index contributed by atoms with van der Waals surface area (Å²) in [7, 11) is 2.80. The fraction of sp³-hybridized carbons (Fsp3) is 0.409. The molecule has 12 heteroatoms. The molecule has 1 amide bonds. The zero-order chi connectivity index (χ0) is 24.8. The summed E-state index contributed by atoms with van der Waals surface area (Å²) in [4.78, 5) is 39.9. The van der Waals surface area contributed by atoms with Gasteiger partial charge in [-0.1, -0.05) is 12.1 Å². The molecule has 6 atom stereocenters. The minimum Gasteiger partial charge on any atom is -0.508 e. The van der Waals surface area contributed by atoms with Gasteiger partial charge in [0.15, 0.2) is 11.4 Å². The number of hydrogen-bond donors (Lipinski definition) is 7. The van der Waals surface area contributed by atoms with Crippen molar-refractivity contribution in [3.05, 3.63) is 46.2 Å². The Kier molecular flexibility index (Phi) is 5.88. The second-order valence-electron chi connectivity index (χ2n) is 9.06. The van der Waals surface area contributed by atoms with Gasteiger partial charge in [-0.15, -0.1) is 12.4 Å². The molecule has 0 aromatic heterocycles. The maximum atomic E-state index is 13.7. The van der Waals surface area contributed by atoms with Crippen molar-refractivity contribution >= 4 is 35.6 Å². The lowest BCUT2D eigenvalue weighted by atomic mass is 9.53. The van der Waals surface area contributed by atoms with Crippen LogP contribution in [0.5, 0.6) is 5.75 Å². The summed E-state index contributed by atoms with van der Waals surface area (Å²) in [5.41, 5.74) is -1.78. The molecule has 3 aliphatic rings. The lowest BCUT2D eigenvalue weighted by Crippen LogP contribution is -2.71. The average molecular weight is 497 g/mol. The molecule has 4 unspecified atom stereocenters. The summed E-state index contributed by atoms with van der Waals surface area (Å²) >= 11 is 0. The van der Waals surface area contributed by atoms with Crippen molar-refractivity contribution < 1.29 is 45.0 Å². The third kappa shape index (κ3) is 2.88. The number of halogens is 1. The average Bonchev–Trinajstić information content (AvgIpc) is 2.70. The molecule has 34 heavy (non-hydrogen) atoms. The zero-order valence-electron chi connectivity index (χ0n) is 18.4. The maximum absolute atomic E-state index is 13.7. The molecule has 0 heterocycles. The summed E-state index contributed by atoms with van der Waals surface area (Å²) in [5.74, 6) is -9.67. The van der Waals surface area contributed by atoms with Crippen molar-refractivity contribution in [3.8, 4) is 5.75 Å². The van der Waals surface area contributed by atoms with Crippen LogP contribution in [0.15, 0.2) is 35.1 Å². The molecule has 1 aromatic rings. The highest BCUT2D eigenvalue weighted by Crippen LogP contribution is 2.57. The molecule has 0 aliphatic heterocycles. The maximum Gasteiger partial charge on any atom is 0.255 e. The van der Waals surface area contributed by atoms with Gasteiger partial charge in [-0.25, -0.2) is 0 Å². The Morgan fingerprint density at radius 3 is 2.24 bits per heavy atom. The van der Waals surface area contributed by atoms with E-state index in [1.165, 1.54) is 44.1 Å². The Balaban J connectivity index is 0.00000324. The number of primary amides is 1. The molecule has 1 aromatic carbocycles. The predicted molar refractivity (Wildman–Crippen MR) is 119 cm³/mol. The van der Waals surface area contributed by atoms with E-state index >= 15 is 0 Å². The van der Waals surface area contributed by atoms with Crippen molar-refractivity contribution in [2.45, 2.75) is 30.3 Å². The van der Waals surface area contributed by atoms with Crippen LogP contribution < -0.4 is 5.73 Å². The number of phenols is 1. The molecule has 1 saturated carbocycles. The largest absolute Gasteiger partial charge is 0.508 e. The second kappa shape index (κ2) is 7.79. The van der Waals surface area contributed by atoms with E-state index in [9.17, 15) is 45.0 Å². The van der Waals surface area contributed by atoms with E-state index in [1.54, 1.807) is 0 Å². The monoisotopic (exact) mass is 496 g/mol. The molecule has 184 valence electrons. The number of aliphatic hydroxyl groups is 5. The topological polar surface area (TPSA) is 202 Å². The van der Waals surface area contributed by atoms with Gasteiger partial charge in [-0.05, 0) is 32.6 Å². The molecule has 0 spiro atoms. The van der Waals surface area contributed by atoms with Gasteiger partial charge >= 0.3 is 0 Å². The normalized spacial score (nSPS) is 34.9. The number of nitrogens with two attached hydrogens (primary N) is 1. The number of likely N-dealkylation sites (N-methyl/N-ethyl adjacent to an activating group) is 1. The van der Waals surface area contributed by atoms with Crippen LogP contribution >= 0.6 is 12.4 Å². The van der Waals surface area contributed by atoms with Gasteiger partial charge in [0, 0.05) is 0 Å². The summed E-state index contributed by atoms with van der Waals surface area (Å²) < 4.78 is 0. The van der Waals surface area contributed by atoms with E-state index in [0.717, 1.165) is 0 Å². The van der Waals surface area contributed by atoms with Crippen molar-refractivity contribution in [2.75, 3.05) is 14.1 Å². The minimum absolute atomic E-state index is 0. The van der Waals surface area contributed by atoms with E-state index in [2.05, 4.69) is 0 Å². The molecule has 0 bridgehead atoms. The van der Waals surface area contributed by atoms with Crippen molar-refractivity contribution in [1.29, 1.82) is 0 Å². The molecule has 3 aliphatic carbocycles. The van der Waals surface area contributed by atoms with E-state index in [4.69, 9.17) is 5.73 Å². The van der Waals surface area contributed by atoms with E-state index < -0.39 is 81.1 Å². The van der Waals surface area contributed by atoms with Crippen LogP contribution in [-0.4, -0.2) is 84.9 Å². The summed E-state index contributed by atoms with van der Waals surface area (Å²) in [6.45, 7) is 1.25. The number of aromatic hydroxyl groups is 1. The third-order valence-electron chi connectivity index (χ3n) is 7.03. The van der Waals surface area contributed by atoms with Crippen LogP contribution in [-0.2, 0) is 20.0 Å². The highest BCUT2D eigenvalue weighted by molar-refractivity contribution is 6.24. The van der Waals surface area contributed by atoms with Crippen LogP contribution in [0.3, 0.4) is 0 Å². The fourth-order valence-corrected chi connectivity index (χ4v) is 5.60. The first-order chi connectivity index (χ1) is 15.2. The number of aliphatic hydroxyl groups excluding tert-OH is 3. The number of amides is 1. The summed E-state index contributed by atoms with van der Waals surface area (Å²) in [5, 5.41) is 66.3. The van der Waals surface area contributed by atoms with Crippen LogP contribution in [0, 0.1) is 11.8 Å². The number of fused-ring (bicyclic) bond motifs is 3. The first kappa shape index (κ1) is 25.7. The Morgan fingerprint density at radius 2 is 1.71 bits per heavy atom. The van der Waals surface area contributed by atoms with Gasteiger partial charge in [-0.2, -0.15) is 0 Å². The van der Waals surface area contributed by atoms with Crippen LogP contribution in [0.4, 0.5) is 0 Å². The SMILES string of the molecule is CN(C)[C@@H]1C(=O)C(C(N)=O)=C(O)C2(O)C(=O)C3=C(O)c4c(O)cccc4[C@@](C)(O)C3C(O)C12.Cl. The Morgan fingerprint density at radius 1 is 1.12 bits per heavy atom. The van der Waals surface area contributed by atoms with Gasteiger partial charge < -0.3 is 36.4 Å². The Bertz CT molecular complexity index is 1190. The highest BCUT2D eigenvalue weighted by Gasteiger charge is 2.70. The van der Waals surface area contributed by atoms with Gasteiger partial charge in [0.1, 0.15) is 22.8 Å². The Hall–Kier alpha value is -2.96. The molecule has 8 N–H and O–H groups in total. The van der Waals surface area contributed by atoms with Crippen LogP contribution in [0.2, 0.25) is 0 Å². The second-order valence-corrected chi connectivity index (χ2v) is 9.06. The van der Waals surface area contributed by atoms with Gasteiger partial charge in [-0.3, -0.25) is 19.3 Å². The molecule has 1 fully saturated rings. The number of benzene rings is 1.